The van der Waals surface area contributed by atoms with Crippen molar-refractivity contribution in [3.63, 3.8) is 0 Å². The van der Waals surface area contributed by atoms with Gasteiger partial charge in [0.1, 0.15) is 0 Å². The summed E-state index contributed by atoms with van der Waals surface area (Å²) in [5, 5.41) is 0. The molecule has 0 radical (unpaired) electrons. The normalized spacial score (nSPS) is 22.0. The minimum absolute atomic E-state index is 1.06. The van der Waals surface area contributed by atoms with Crippen LogP contribution in [0.25, 0.3) is 0 Å². The van der Waals surface area contributed by atoms with Gasteiger partial charge in [-0.25, -0.2) is 0 Å². The smallest absolute Gasteiger partial charge is 0.00255 e. The van der Waals surface area contributed by atoms with Crippen molar-refractivity contribution in [2.45, 2.75) is 6.42 Å². The average molecular weight is 116 g/mol. The van der Waals surface area contributed by atoms with Gasteiger partial charge in [-0.3, -0.25) is 0 Å². The standard InChI is InChI=1S/C9H8/c1-7-5-8-3-2-4-9(8)6-7/h2-5H,1,6H2. The van der Waals surface area contributed by atoms with E-state index in [1.54, 1.807) is 0 Å². The maximum absolute atomic E-state index is 3.89. The summed E-state index contributed by atoms with van der Waals surface area (Å²) in [5.74, 6) is 0. The molecule has 0 fully saturated rings. The van der Waals surface area contributed by atoms with Gasteiger partial charge in [0.2, 0.25) is 0 Å². The molecular formula is C9H8. The summed E-state index contributed by atoms with van der Waals surface area (Å²) in [5.41, 5.74) is 4.03. The molecule has 0 amide bonds. The summed E-state index contributed by atoms with van der Waals surface area (Å²) in [6.07, 6.45) is 9.59. The molecule has 0 aromatic rings. The van der Waals surface area contributed by atoms with Crippen LogP contribution in [0.4, 0.5) is 0 Å². The largest absolute Gasteiger partial charge is 0.0955 e. The van der Waals surface area contributed by atoms with Gasteiger partial charge >= 0.3 is 0 Å². The van der Waals surface area contributed by atoms with Gasteiger partial charge < -0.3 is 0 Å². The van der Waals surface area contributed by atoms with Gasteiger partial charge in [0.25, 0.3) is 0 Å². The zero-order valence-corrected chi connectivity index (χ0v) is 5.22. The fourth-order valence-corrected chi connectivity index (χ4v) is 1.29. The van der Waals surface area contributed by atoms with E-state index in [0.717, 1.165) is 6.42 Å². The molecule has 0 heteroatoms. The van der Waals surface area contributed by atoms with E-state index in [4.69, 9.17) is 0 Å². The Morgan fingerprint density at radius 2 is 2.33 bits per heavy atom. The molecule has 2 aliphatic rings. The highest BCUT2D eigenvalue weighted by atomic mass is 14.2. The highest BCUT2D eigenvalue weighted by molar-refractivity contribution is 5.57. The van der Waals surface area contributed by atoms with Crippen LogP contribution in [-0.2, 0) is 0 Å². The van der Waals surface area contributed by atoms with Gasteiger partial charge in [0, 0.05) is 0 Å². The van der Waals surface area contributed by atoms with Gasteiger partial charge in [-0.05, 0) is 17.6 Å². The van der Waals surface area contributed by atoms with Crippen LogP contribution in [0.2, 0.25) is 0 Å². The van der Waals surface area contributed by atoms with E-state index in [-0.39, 0.29) is 0 Å². The van der Waals surface area contributed by atoms with E-state index in [9.17, 15) is 0 Å². The van der Waals surface area contributed by atoms with Crippen LogP contribution in [0.5, 0.6) is 0 Å². The molecule has 0 aromatic heterocycles. The Labute approximate surface area is 54.9 Å². The zero-order chi connectivity index (χ0) is 6.27. The third-order valence-electron chi connectivity index (χ3n) is 1.72. The third kappa shape index (κ3) is 0.595. The van der Waals surface area contributed by atoms with Crippen molar-refractivity contribution in [3.8, 4) is 0 Å². The van der Waals surface area contributed by atoms with E-state index >= 15 is 0 Å². The average Bonchev–Trinajstić information content (AvgIpc) is 2.22. The van der Waals surface area contributed by atoms with Crippen LogP contribution in [0.15, 0.2) is 47.6 Å². The van der Waals surface area contributed by atoms with Crippen molar-refractivity contribution in [1.29, 1.82) is 0 Å². The quantitative estimate of drug-likeness (QED) is 0.455. The Morgan fingerprint density at radius 3 is 3.11 bits per heavy atom. The van der Waals surface area contributed by atoms with E-state index in [0.29, 0.717) is 0 Å². The Balaban J connectivity index is 2.51. The van der Waals surface area contributed by atoms with Gasteiger partial charge in [-0.2, -0.15) is 0 Å². The van der Waals surface area contributed by atoms with Crippen molar-refractivity contribution in [3.05, 3.63) is 47.6 Å². The van der Waals surface area contributed by atoms with Crippen LogP contribution >= 0.6 is 0 Å². The first-order valence-corrected chi connectivity index (χ1v) is 3.13. The van der Waals surface area contributed by atoms with E-state index in [1.807, 2.05) is 0 Å². The lowest BCUT2D eigenvalue weighted by Gasteiger charge is -1.88. The molecule has 2 aliphatic carbocycles. The first kappa shape index (κ1) is 4.80. The molecule has 0 saturated carbocycles. The molecule has 0 N–H and O–H groups in total. The second-order valence-electron chi connectivity index (χ2n) is 2.49. The molecule has 0 aliphatic heterocycles. The first-order chi connectivity index (χ1) is 4.36. The molecular weight excluding hydrogens is 108 g/mol. The molecule has 0 spiro atoms. The molecule has 0 bridgehead atoms. The minimum atomic E-state index is 1.06. The molecule has 0 unspecified atom stereocenters. The second-order valence-corrected chi connectivity index (χ2v) is 2.49. The van der Waals surface area contributed by atoms with Crippen molar-refractivity contribution >= 4 is 0 Å². The van der Waals surface area contributed by atoms with Gasteiger partial charge in [-0.15, -0.1) is 0 Å². The van der Waals surface area contributed by atoms with Crippen molar-refractivity contribution in [1.82, 2.24) is 0 Å². The van der Waals surface area contributed by atoms with Gasteiger partial charge in [0.05, 0.1) is 0 Å². The molecule has 0 saturated heterocycles. The number of hydrogen-bond donors (Lipinski definition) is 0. The summed E-state index contributed by atoms with van der Waals surface area (Å²) in [4.78, 5) is 0. The predicted octanol–water partition coefficient (Wildman–Crippen LogP) is 2.37. The highest BCUT2D eigenvalue weighted by Crippen LogP contribution is 2.32. The Bertz CT molecular complexity index is 249. The van der Waals surface area contributed by atoms with E-state index in [1.165, 1.54) is 16.7 Å². The molecule has 44 valence electrons. The van der Waals surface area contributed by atoms with Gasteiger partial charge in [-0.1, -0.05) is 36.5 Å². The Morgan fingerprint density at radius 1 is 1.44 bits per heavy atom. The second kappa shape index (κ2) is 1.47. The third-order valence-corrected chi connectivity index (χ3v) is 1.72. The summed E-state index contributed by atoms with van der Waals surface area (Å²) in [7, 11) is 0. The minimum Gasteiger partial charge on any atom is -0.0955 e. The fourth-order valence-electron chi connectivity index (χ4n) is 1.29. The van der Waals surface area contributed by atoms with Crippen LogP contribution in [-0.4, -0.2) is 0 Å². The zero-order valence-electron chi connectivity index (χ0n) is 5.22. The van der Waals surface area contributed by atoms with E-state index in [2.05, 4.69) is 30.9 Å². The monoisotopic (exact) mass is 116 g/mol. The predicted molar refractivity (Wildman–Crippen MR) is 39.1 cm³/mol. The lowest BCUT2D eigenvalue weighted by molar-refractivity contribution is 1.28. The van der Waals surface area contributed by atoms with Crippen molar-refractivity contribution < 1.29 is 0 Å². The Kier molecular flexibility index (Phi) is 0.786. The molecule has 9 heavy (non-hydrogen) atoms. The van der Waals surface area contributed by atoms with Crippen molar-refractivity contribution in [2.24, 2.45) is 0 Å². The lowest BCUT2D eigenvalue weighted by Crippen LogP contribution is -1.70. The highest BCUT2D eigenvalue weighted by Gasteiger charge is 2.13. The number of hydrogen-bond acceptors (Lipinski definition) is 0. The maximum atomic E-state index is 3.89. The molecule has 0 atom stereocenters. The number of rotatable bonds is 0. The summed E-state index contributed by atoms with van der Waals surface area (Å²) in [6, 6.07) is 0. The number of allylic oxidation sites excluding steroid dienone is 7. The van der Waals surface area contributed by atoms with Crippen LogP contribution < -0.4 is 0 Å². The SMILES string of the molecule is C=C1C=C2C=CC=C2C1. The summed E-state index contributed by atoms with van der Waals surface area (Å²) in [6.45, 7) is 3.89. The van der Waals surface area contributed by atoms with Crippen molar-refractivity contribution in [2.75, 3.05) is 0 Å². The summed E-state index contributed by atoms with van der Waals surface area (Å²) < 4.78 is 0. The Hall–Kier alpha value is -1.04. The van der Waals surface area contributed by atoms with Crippen LogP contribution in [0, 0.1) is 0 Å². The molecule has 0 nitrogen and oxygen atoms in total. The fraction of sp³-hybridized carbons (Fsp3) is 0.111. The van der Waals surface area contributed by atoms with Crippen LogP contribution in [0.3, 0.4) is 0 Å². The maximum Gasteiger partial charge on any atom is -0.00255 e. The topological polar surface area (TPSA) is 0 Å². The molecule has 0 heterocycles. The van der Waals surface area contributed by atoms with E-state index < -0.39 is 0 Å². The van der Waals surface area contributed by atoms with Gasteiger partial charge in [0.15, 0.2) is 0 Å². The first-order valence-electron chi connectivity index (χ1n) is 3.13. The number of fused-ring (bicyclic) bond motifs is 1. The summed E-state index contributed by atoms with van der Waals surface area (Å²) >= 11 is 0. The molecule has 0 aromatic carbocycles. The molecule has 2 rings (SSSR count). The lowest BCUT2D eigenvalue weighted by atomic mass is 10.2. The van der Waals surface area contributed by atoms with Crippen LogP contribution in [0.1, 0.15) is 6.42 Å².